The van der Waals surface area contributed by atoms with Gasteiger partial charge in [-0.05, 0) is 36.8 Å². The highest BCUT2D eigenvalue weighted by molar-refractivity contribution is 6.01. The van der Waals surface area contributed by atoms with Crippen molar-refractivity contribution in [2.24, 2.45) is 11.8 Å². The summed E-state index contributed by atoms with van der Waals surface area (Å²) in [6.45, 7) is 4.17. The van der Waals surface area contributed by atoms with Crippen LogP contribution >= 0.6 is 0 Å². The van der Waals surface area contributed by atoms with Gasteiger partial charge in [0.1, 0.15) is 17.4 Å². The summed E-state index contributed by atoms with van der Waals surface area (Å²) < 4.78 is 5.43. The number of amides is 1. The zero-order chi connectivity index (χ0) is 16.3. The second-order valence-electron chi connectivity index (χ2n) is 5.97. The number of anilines is 1. The standard InChI is InChI=1S/C16H21NO5/c1-9-6-7-10(2)13(8-9)22-16(21)17-11-4-3-5-12(18)14(11)15(19)20/h3-5,9-10,13,18H,6-8H2,1-2H3,(H,17,21)(H,19,20). The summed E-state index contributed by atoms with van der Waals surface area (Å²) in [7, 11) is 0. The maximum absolute atomic E-state index is 12.0. The van der Waals surface area contributed by atoms with E-state index < -0.39 is 17.8 Å². The van der Waals surface area contributed by atoms with Gasteiger partial charge < -0.3 is 14.9 Å². The van der Waals surface area contributed by atoms with Crippen molar-refractivity contribution in [1.29, 1.82) is 0 Å². The Bertz CT molecular complexity index is 572. The minimum Gasteiger partial charge on any atom is -0.507 e. The first-order valence-corrected chi connectivity index (χ1v) is 7.41. The Morgan fingerprint density at radius 1 is 1.27 bits per heavy atom. The van der Waals surface area contributed by atoms with E-state index in [-0.39, 0.29) is 23.3 Å². The predicted octanol–water partition coefficient (Wildman–Crippen LogP) is 3.46. The van der Waals surface area contributed by atoms with Crippen LogP contribution in [0.3, 0.4) is 0 Å². The fraction of sp³-hybridized carbons (Fsp3) is 0.500. The Morgan fingerprint density at radius 3 is 2.68 bits per heavy atom. The van der Waals surface area contributed by atoms with Gasteiger partial charge in [-0.25, -0.2) is 9.59 Å². The first-order chi connectivity index (χ1) is 10.4. The van der Waals surface area contributed by atoms with Crippen molar-refractivity contribution in [2.75, 3.05) is 5.32 Å². The Morgan fingerprint density at radius 2 is 2.00 bits per heavy atom. The molecule has 0 spiro atoms. The van der Waals surface area contributed by atoms with E-state index in [2.05, 4.69) is 12.2 Å². The highest BCUT2D eigenvalue weighted by atomic mass is 16.6. The molecular formula is C16H21NO5. The summed E-state index contributed by atoms with van der Waals surface area (Å²) in [6.07, 6.45) is 2.07. The van der Waals surface area contributed by atoms with Gasteiger partial charge in [-0.1, -0.05) is 26.3 Å². The van der Waals surface area contributed by atoms with Gasteiger partial charge in [0.25, 0.3) is 0 Å². The van der Waals surface area contributed by atoms with Crippen molar-refractivity contribution in [2.45, 2.75) is 39.2 Å². The molecule has 0 radical (unpaired) electrons. The van der Waals surface area contributed by atoms with Crippen LogP contribution < -0.4 is 5.32 Å². The smallest absolute Gasteiger partial charge is 0.411 e. The topological polar surface area (TPSA) is 95.9 Å². The van der Waals surface area contributed by atoms with Gasteiger partial charge >= 0.3 is 12.1 Å². The third-order valence-corrected chi connectivity index (χ3v) is 4.14. The summed E-state index contributed by atoms with van der Waals surface area (Å²) in [5.74, 6) is -0.924. The van der Waals surface area contributed by atoms with Crippen LogP contribution in [0.15, 0.2) is 18.2 Å². The average molecular weight is 307 g/mol. The number of aromatic hydroxyl groups is 1. The number of carbonyl (C=O) groups excluding carboxylic acids is 1. The molecule has 0 aromatic heterocycles. The van der Waals surface area contributed by atoms with Gasteiger partial charge in [0, 0.05) is 0 Å². The quantitative estimate of drug-likeness (QED) is 0.794. The molecule has 1 saturated carbocycles. The van der Waals surface area contributed by atoms with Gasteiger partial charge in [-0.15, -0.1) is 0 Å². The second kappa shape index (κ2) is 6.68. The SMILES string of the molecule is CC1CCC(C)C(OC(=O)Nc2cccc(O)c2C(=O)O)C1. The van der Waals surface area contributed by atoms with E-state index in [0.29, 0.717) is 5.92 Å². The highest BCUT2D eigenvalue weighted by Crippen LogP contribution is 2.31. The van der Waals surface area contributed by atoms with Crippen molar-refractivity contribution in [3.8, 4) is 5.75 Å². The number of hydrogen-bond donors (Lipinski definition) is 3. The van der Waals surface area contributed by atoms with Crippen LogP contribution in [0.25, 0.3) is 0 Å². The molecule has 6 nitrogen and oxygen atoms in total. The molecule has 1 amide bonds. The molecule has 0 aliphatic heterocycles. The molecular weight excluding hydrogens is 286 g/mol. The summed E-state index contributed by atoms with van der Waals surface area (Å²) in [5, 5.41) is 21.1. The van der Waals surface area contributed by atoms with E-state index in [1.807, 2.05) is 6.92 Å². The van der Waals surface area contributed by atoms with Gasteiger partial charge in [-0.3, -0.25) is 5.32 Å². The van der Waals surface area contributed by atoms with E-state index in [1.54, 1.807) is 0 Å². The lowest BCUT2D eigenvalue weighted by Crippen LogP contribution is -2.33. The fourth-order valence-electron chi connectivity index (χ4n) is 2.79. The summed E-state index contributed by atoms with van der Waals surface area (Å²) >= 11 is 0. The molecule has 1 aliphatic carbocycles. The van der Waals surface area contributed by atoms with Crippen molar-refractivity contribution < 1.29 is 24.5 Å². The summed E-state index contributed by atoms with van der Waals surface area (Å²) in [6, 6.07) is 4.13. The third kappa shape index (κ3) is 3.69. The molecule has 22 heavy (non-hydrogen) atoms. The van der Waals surface area contributed by atoms with E-state index in [9.17, 15) is 14.7 Å². The maximum atomic E-state index is 12.0. The van der Waals surface area contributed by atoms with Crippen LogP contribution in [0.1, 0.15) is 43.5 Å². The van der Waals surface area contributed by atoms with Crippen LogP contribution in [0.4, 0.5) is 10.5 Å². The number of hydrogen-bond acceptors (Lipinski definition) is 4. The predicted molar refractivity (Wildman–Crippen MR) is 81.1 cm³/mol. The molecule has 6 heteroatoms. The number of rotatable bonds is 3. The van der Waals surface area contributed by atoms with Crippen molar-refractivity contribution in [1.82, 2.24) is 0 Å². The molecule has 3 atom stereocenters. The number of phenols is 1. The fourth-order valence-corrected chi connectivity index (χ4v) is 2.79. The average Bonchev–Trinajstić information content (AvgIpc) is 2.42. The Kier molecular flexibility index (Phi) is 4.90. The summed E-state index contributed by atoms with van der Waals surface area (Å²) in [4.78, 5) is 23.2. The minimum absolute atomic E-state index is 0.0222. The molecule has 1 aliphatic rings. The van der Waals surface area contributed by atoms with E-state index >= 15 is 0 Å². The van der Waals surface area contributed by atoms with Crippen LogP contribution in [-0.4, -0.2) is 28.4 Å². The number of carboxylic acids is 1. The Hall–Kier alpha value is -2.24. The molecule has 2 rings (SSSR count). The van der Waals surface area contributed by atoms with E-state index in [0.717, 1.165) is 19.3 Å². The first-order valence-electron chi connectivity index (χ1n) is 7.41. The lowest BCUT2D eigenvalue weighted by atomic mass is 9.82. The Labute approximate surface area is 129 Å². The molecule has 3 N–H and O–H groups in total. The molecule has 0 saturated heterocycles. The maximum Gasteiger partial charge on any atom is 0.411 e. The number of ether oxygens (including phenoxy) is 1. The van der Waals surface area contributed by atoms with Crippen LogP contribution in [0, 0.1) is 11.8 Å². The molecule has 3 unspecified atom stereocenters. The minimum atomic E-state index is -1.31. The monoisotopic (exact) mass is 307 g/mol. The zero-order valence-electron chi connectivity index (χ0n) is 12.7. The number of nitrogens with one attached hydrogen (secondary N) is 1. The molecule has 0 heterocycles. The zero-order valence-corrected chi connectivity index (χ0v) is 12.7. The van der Waals surface area contributed by atoms with Gasteiger partial charge in [-0.2, -0.15) is 0 Å². The van der Waals surface area contributed by atoms with Crippen LogP contribution in [-0.2, 0) is 4.74 Å². The van der Waals surface area contributed by atoms with Crippen LogP contribution in [0.2, 0.25) is 0 Å². The second-order valence-corrected chi connectivity index (χ2v) is 5.97. The van der Waals surface area contributed by atoms with Crippen molar-refractivity contribution >= 4 is 17.7 Å². The normalized spacial score (nSPS) is 24.5. The van der Waals surface area contributed by atoms with Crippen molar-refractivity contribution in [3.05, 3.63) is 23.8 Å². The van der Waals surface area contributed by atoms with E-state index in [4.69, 9.17) is 9.84 Å². The first kappa shape index (κ1) is 16.1. The largest absolute Gasteiger partial charge is 0.507 e. The molecule has 120 valence electrons. The lowest BCUT2D eigenvalue weighted by molar-refractivity contribution is 0.0369. The molecule has 0 bridgehead atoms. The number of benzene rings is 1. The number of carboxylic acid groups (broad SMARTS) is 1. The molecule has 1 aromatic rings. The number of carbonyl (C=O) groups is 2. The summed E-state index contributed by atoms with van der Waals surface area (Å²) in [5.41, 5.74) is -0.321. The van der Waals surface area contributed by atoms with Crippen molar-refractivity contribution in [3.63, 3.8) is 0 Å². The van der Waals surface area contributed by atoms with Gasteiger partial charge in [0.2, 0.25) is 0 Å². The molecule has 1 fully saturated rings. The Balaban J connectivity index is 2.06. The van der Waals surface area contributed by atoms with Gasteiger partial charge in [0.15, 0.2) is 0 Å². The highest BCUT2D eigenvalue weighted by Gasteiger charge is 2.29. The van der Waals surface area contributed by atoms with Gasteiger partial charge in [0.05, 0.1) is 5.69 Å². The lowest BCUT2D eigenvalue weighted by Gasteiger charge is -2.32. The van der Waals surface area contributed by atoms with Crippen LogP contribution in [0.5, 0.6) is 5.75 Å². The number of aromatic carboxylic acids is 1. The molecule has 1 aromatic carbocycles. The van der Waals surface area contributed by atoms with E-state index in [1.165, 1.54) is 18.2 Å². The third-order valence-electron chi connectivity index (χ3n) is 4.14.